The Hall–Kier alpha value is -1.10. The molecule has 0 aliphatic rings. The van der Waals surface area contributed by atoms with Crippen LogP contribution in [0.25, 0.3) is 0 Å². The van der Waals surface area contributed by atoms with E-state index in [2.05, 4.69) is 5.32 Å². The molecule has 0 rings (SSSR count). The monoisotopic (exact) mass is 245 g/mol. The van der Waals surface area contributed by atoms with Crippen molar-refractivity contribution in [1.82, 2.24) is 5.32 Å². The van der Waals surface area contributed by atoms with Crippen molar-refractivity contribution in [3.63, 3.8) is 0 Å². The number of rotatable bonds is 4. The molecule has 5 nitrogen and oxygen atoms in total. The van der Waals surface area contributed by atoms with Gasteiger partial charge >= 0.3 is 5.97 Å². The van der Waals surface area contributed by atoms with Crippen LogP contribution in [-0.2, 0) is 14.3 Å². The third kappa shape index (κ3) is 6.94. The van der Waals surface area contributed by atoms with E-state index in [1.807, 2.05) is 20.8 Å². The van der Waals surface area contributed by atoms with Crippen LogP contribution in [0.2, 0.25) is 0 Å². The molecule has 1 atom stereocenters. The van der Waals surface area contributed by atoms with Gasteiger partial charge in [0.25, 0.3) is 0 Å². The average molecular weight is 245 g/mol. The summed E-state index contributed by atoms with van der Waals surface area (Å²) >= 11 is 0. The van der Waals surface area contributed by atoms with E-state index >= 15 is 0 Å². The number of carboxylic acids is 1. The van der Waals surface area contributed by atoms with Crippen molar-refractivity contribution < 1.29 is 19.4 Å². The minimum atomic E-state index is -1.09. The van der Waals surface area contributed by atoms with Crippen molar-refractivity contribution in [2.45, 2.75) is 53.2 Å². The summed E-state index contributed by atoms with van der Waals surface area (Å²) < 4.78 is 5.37. The third-order valence-electron chi connectivity index (χ3n) is 1.97. The van der Waals surface area contributed by atoms with E-state index in [9.17, 15) is 9.59 Å². The van der Waals surface area contributed by atoms with Gasteiger partial charge in [-0.2, -0.15) is 0 Å². The maximum atomic E-state index is 11.7. The smallest absolute Gasteiger partial charge is 0.328 e. The fourth-order valence-corrected chi connectivity index (χ4v) is 0.883. The van der Waals surface area contributed by atoms with Crippen LogP contribution in [0.1, 0.15) is 41.5 Å². The first kappa shape index (κ1) is 15.9. The Labute approximate surface area is 103 Å². The van der Waals surface area contributed by atoms with E-state index in [4.69, 9.17) is 9.84 Å². The number of carbonyl (C=O) groups is 2. The van der Waals surface area contributed by atoms with E-state index in [1.165, 1.54) is 0 Å². The number of carbonyl (C=O) groups excluding carboxylic acids is 1. The van der Waals surface area contributed by atoms with E-state index in [0.717, 1.165) is 0 Å². The molecule has 100 valence electrons. The zero-order valence-electron chi connectivity index (χ0n) is 11.5. The molecule has 0 bridgehead atoms. The van der Waals surface area contributed by atoms with Crippen LogP contribution in [0.3, 0.4) is 0 Å². The Morgan fingerprint density at radius 3 is 1.94 bits per heavy atom. The highest BCUT2D eigenvalue weighted by atomic mass is 16.5. The maximum Gasteiger partial charge on any atom is 0.328 e. The summed E-state index contributed by atoms with van der Waals surface area (Å²) in [7, 11) is 0. The third-order valence-corrected chi connectivity index (χ3v) is 1.97. The standard InChI is InChI=1S/C12H23NO4/c1-11(2,3)10(16)13-8(9(14)15)7-17-12(4,5)6/h8H,7H2,1-6H3,(H,13,16)(H,14,15)/t8-/m0/s1. The molecule has 17 heavy (non-hydrogen) atoms. The molecular formula is C12H23NO4. The fourth-order valence-electron chi connectivity index (χ4n) is 0.883. The van der Waals surface area contributed by atoms with Crippen LogP contribution in [0, 0.1) is 5.41 Å². The van der Waals surface area contributed by atoms with Gasteiger partial charge in [0.1, 0.15) is 0 Å². The molecule has 0 saturated heterocycles. The molecule has 0 spiro atoms. The molecule has 0 aliphatic carbocycles. The summed E-state index contributed by atoms with van der Waals surface area (Å²) in [6, 6.07) is -1.01. The summed E-state index contributed by atoms with van der Waals surface area (Å²) in [6.07, 6.45) is 0. The number of ether oxygens (including phenoxy) is 1. The van der Waals surface area contributed by atoms with E-state index in [1.54, 1.807) is 20.8 Å². The van der Waals surface area contributed by atoms with Gasteiger partial charge in [-0.3, -0.25) is 4.79 Å². The van der Waals surface area contributed by atoms with E-state index < -0.39 is 23.0 Å². The fraction of sp³-hybridized carbons (Fsp3) is 0.833. The molecule has 0 unspecified atom stereocenters. The molecule has 0 heterocycles. The van der Waals surface area contributed by atoms with Gasteiger partial charge in [0.15, 0.2) is 6.04 Å². The SMILES string of the molecule is CC(C)(C)OC[C@H](NC(=O)C(C)(C)C)C(=O)O. The second kappa shape index (κ2) is 5.49. The molecule has 0 aromatic rings. The van der Waals surface area contributed by atoms with Crippen molar-refractivity contribution in [2.24, 2.45) is 5.41 Å². The van der Waals surface area contributed by atoms with Crippen LogP contribution >= 0.6 is 0 Å². The molecule has 2 N–H and O–H groups in total. The molecule has 0 aromatic carbocycles. The van der Waals surface area contributed by atoms with Crippen molar-refractivity contribution >= 4 is 11.9 Å². The number of hydrogen-bond donors (Lipinski definition) is 2. The summed E-state index contributed by atoms with van der Waals surface area (Å²) in [6.45, 7) is 10.6. The second-order valence-electron chi connectivity index (χ2n) is 6.04. The lowest BCUT2D eigenvalue weighted by atomic mass is 9.95. The number of nitrogens with one attached hydrogen (secondary N) is 1. The van der Waals surface area contributed by atoms with Crippen molar-refractivity contribution in [2.75, 3.05) is 6.61 Å². The summed E-state index contributed by atoms with van der Waals surface area (Å²) in [5, 5.41) is 11.5. The topological polar surface area (TPSA) is 75.6 Å². The Morgan fingerprint density at radius 2 is 1.65 bits per heavy atom. The molecule has 0 aliphatic heterocycles. The van der Waals surface area contributed by atoms with E-state index in [-0.39, 0.29) is 12.5 Å². The lowest BCUT2D eigenvalue weighted by molar-refractivity contribution is -0.146. The zero-order chi connectivity index (χ0) is 13.9. The van der Waals surface area contributed by atoms with E-state index in [0.29, 0.717) is 0 Å². The van der Waals surface area contributed by atoms with Gasteiger partial charge < -0.3 is 15.2 Å². The Morgan fingerprint density at radius 1 is 1.18 bits per heavy atom. The second-order valence-corrected chi connectivity index (χ2v) is 6.04. The van der Waals surface area contributed by atoms with Crippen molar-refractivity contribution in [3.8, 4) is 0 Å². The normalized spacial score (nSPS) is 14.2. The molecule has 5 heteroatoms. The van der Waals surface area contributed by atoms with Gasteiger partial charge in [0, 0.05) is 5.41 Å². The van der Waals surface area contributed by atoms with Gasteiger partial charge in [-0.1, -0.05) is 20.8 Å². The first-order valence-electron chi connectivity index (χ1n) is 5.61. The summed E-state index contributed by atoms with van der Waals surface area (Å²) in [5.74, 6) is -1.39. The van der Waals surface area contributed by atoms with Gasteiger partial charge in [-0.05, 0) is 20.8 Å². The molecular weight excluding hydrogens is 222 g/mol. The maximum absolute atomic E-state index is 11.7. The number of amides is 1. The quantitative estimate of drug-likeness (QED) is 0.785. The first-order valence-corrected chi connectivity index (χ1v) is 5.61. The van der Waals surface area contributed by atoms with Crippen LogP contribution < -0.4 is 5.32 Å². The van der Waals surface area contributed by atoms with Gasteiger partial charge in [0.2, 0.25) is 5.91 Å². The minimum absolute atomic E-state index is 0.0410. The predicted octanol–water partition coefficient (Wildman–Crippen LogP) is 1.42. The van der Waals surface area contributed by atoms with Gasteiger partial charge in [-0.25, -0.2) is 4.79 Å². The molecule has 0 radical (unpaired) electrons. The van der Waals surface area contributed by atoms with Crippen LogP contribution in [0.15, 0.2) is 0 Å². The van der Waals surface area contributed by atoms with Crippen LogP contribution in [0.4, 0.5) is 0 Å². The highest BCUT2D eigenvalue weighted by molar-refractivity contribution is 5.86. The molecule has 1 amide bonds. The largest absolute Gasteiger partial charge is 0.480 e. The Balaban J connectivity index is 4.47. The molecule has 0 aromatic heterocycles. The van der Waals surface area contributed by atoms with Crippen LogP contribution in [-0.4, -0.2) is 35.2 Å². The van der Waals surface area contributed by atoms with Crippen molar-refractivity contribution in [1.29, 1.82) is 0 Å². The minimum Gasteiger partial charge on any atom is -0.480 e. The molecule has 0 fully saturated rings. The molecule has 0 saturated carbocycles. The summed E-state index contributed by atoms with van der Waals surface area (Å²) in [4.78, 5) is 22.7. The van der Waals surface area contributed by atoms with Gasteiger partial charge in [-0.15, -0.1) is 0 Å². The first-order chi connectivity index (χ1) is 7.43. The Bertz CT molecular complexity index is 286. The highest BCUT2D eigenvalue weighted by Gasteiger charge is 2.28. The lowest BCUT2D eigenvalue weighted by Gasteiger charge is -2.25. The average Bonchev–Trinajstić information content (AvgIpc) is 2.07. The van der Waals surface area contributed by atoms with Gasteiger partial charge in [0.05, 0.1) is 12.2 Å². The summed E-state index contributed by atoms with van der Waals surface area (Å²) in [5.41, 5.74) is -1.05. The van der Waals surface area contributed by atoms with Crippen molar-refractivity contribution in [3.05, 3.63) is 0 Å². The zero-order valence-corrected chi connectivity index (χ0v) is 11.5. The van der Waals surface area contributed by atoms with Crippen LogP contribution in [0.5, 0.6) is 0 Å². The number of carboxylic acid groups (broad SMARTS) is 1. The lowest BCUT2D eigenvalue weighted by Crippen LogP contribution is -2.49. The highest BCUT2D eigenvalue weighted by Crippen LogP contribution is 2.13. The number of hydrogen-bond acceptors (Lipinski definition) is 3. The predicted molar refractivity (Wildman–Crippen MR) is 64.7 cm³/mol. The number of aliphatic carboxylic acids is 1. The Kier molecular flexibility index (Phi) is 5.13.